The Morgan fingerprint density at radius 1 is 1.21 bits per heavy atom. The van der Waals surface area contributed by atoms with Crippen LogP contribution in [0.3, 0.4) is 0 Å². The van der Waals surface area contributed by atoms with Crippen LogP contribution in [0.15, 0.2) is 0 Å². The molecular formula is C12H25NO. The van der Waals surface area contributed by atoms with Gasteiger partial charge in [-0.25, -0.2) is 0 Å². The molecule has 2 nitrogen and oxygen atoms in total. The Balaban J connectivity index is 4.82. The summed E-state index contributed by atoms with van der Waals surface area (Å²) in [6, 6.07) is 0.220. The first-order valence-corrected chi connectivity index (χ1v) is 5.38. The van der Waals surface area contributed by atoms with E-state index in [1.54, 1.807) is 6.92 Å². The maximum atomic E-state index is 11.2. The zero-order valence-electron chi connectivity index (χ0n) is 10.7. The molecule has 0 aliphatic rings. The number of carbonyl (C=O) groups is 1. The van der Waals surface area contributed by atoms with Crippen LogP contribution in [-0.2, 0) is 4.79 Å². The minimum absolute atomic E-state index is 0.0615. The van der Waals surface area contributed by atoms with Crippen LogP contribution >= 0.6 is 0 Å². The van der Waals surface area contributed by atoms with E-state index in [1.165, 1.54) is 0 Å². The summed E-state index contributed by atoms with van der Waals surface area (Å²) in [7, 11) is 0. The van der Waals surface area contributed by atoms with Gasteiger partial charge in [0.25, 0.3) is 0 Å². The molecule has 0 aromatic carbocycles. The molecule has 1 unspecified atom stereocenters. The number of rotatable bonds is 3. The van der Waals surface area contributed by atoms with Crippen molar-refractivity contribution in [2.45, 2.75) is 60.9 Å². The third-order valence-corrected chi connectivity index (χ3v) is 2.91. The predicted molar refractivity (Wildman–Crippen MR) is 61.1 cm³/mol. The van der Waals surface area contributed by atoms with E-state index in [9.17, 15) is 4.79 Å². The lowest BCUT2D eigenvalue weighted by molar-refractivity contribution is -0.121. The minimum atomic E-state index is 0.0615. The Hall–Kier alpha value is -0.530. The summed E-state index contributed by atoms with van der Waals surface area (Å²) in [6.45, 7) is 14.7. The SMILES string of the molecule is CCC(C)(C)C(NC(C)=O)C(C)(C)C. The molecule has 14 heavy (non-hydrogen) atoms. The van der Waals surface area contributed by atoms with Gasteiger partial charge < -0.3 is 5.32 Å². The molecule has 0 aliphatic heterocycles. The van der Waals surface area contributed by atoms with E-state index in [2.05, 4.69) is 46.9 Å². The first-order valence-electron chi connectivity index (χ1n) is 5.38. The summed E-state index contributed by atoms with van der Waals surface area (Å²) in [5.74, 6) is 0.0615. The molecule has 0 fully saturated rings. The second-order valence-corrected chi connectivity index (χ2v) is 5.84. The lowest BCUT2D eigenvalue weighted by Crippen LogP contribution is -2.51. The highest BCUT2D eigenvalue weighted by Crippen LogP contribution is 2.36. The largest absolute Gasteiger partial charge is 0.353 e. The topological polar surface area (TPSA) is 29.1 Å². The van der Waals surface area contributed by atoms with Gasteiger partial charge in [-0.2, -0.15) is 0 Å². The molecule has 0 aliphatic carbocycles. The first kappa shape index (κ1) is 13.5. The lowest BCUT2D eigenvalue weighted by atomic mass is 9.69. The van der Waals surface area contributed by atoms with Crippen LogP contribution < -0.4 is 5.32 Å². The fourth-order valence-corrected chi connectivity index (χ4v) is 1.99. The van der Waals surface area contributed by atoms with Crippen molar-refractivity contribution in [2.75, 3.05) is 0 Å². The van der Waals surface area contributed by atoms with Gasteiger partial charge in [0.2, 0.25) is 5.91 Å². The van der Waals surface area contributed by atoms with Crippen LogP contribution in [0.4, 0.5) is 0 Å². The average Bonchev–Trinajstić information content (AvgIpc) is 1.98. The Labute approximate surface area is 88.5 Å². The zero-order chi connectivity index (χ0) is 11.6. The normalized spacial score (nSPS) is 15.1. The van der Waals surface area contributed by atoms with Crippen molar-refractivity contribution in [3.05, 3.63) is 0 Å². The van der Waals surface area contributed by atoms with Crippen molar-refractivity contribution in [3.8, 4) is 0 Å². The molecule has 0 saturated heterocycles. The Bertz CT molecular complexity index is 201. The van der Waals surface area contributed by atoms with Crippen LogP contribution in [0.1, 0.15) is 54.9 Å². The second kappa shape index (κ2) is 4.33. The van der Waals surface area contributed by atoms with E-state index >= 15 is 0 Å². The summed E-state index contributed by atoms with van der Waals surface area (Å²) in [5.41, 5.74) is 0.245. The summed E-state index contributed by atoms with van der Waals surface area (Å²) < 4.78 is 0. The van der Waals surface area contributed by atoms with Gasteiger partial charge in [0.1, 0.15) is 0 Å². The Morgan fingerprint density at radius 2 is 1.64 bits per heavy atom. The molecule has 0 aromatic rings. The molecule has 2 heteroatoms. The highest BCUT2D eigenvalue weighted by Gasteiger charge is 2.37. The molecule has 0 spiro atoms. The highest BCUT2D eigenvalue weighted by atomic mass is 16.1. The highest BCUT2D eigenvalue weighted by molar-refractivity contribution is 5.73. The average molecular weight is 199 g/mol. The van der Waals surface area contributed by atoms with E-state index in [0.29, 0.717) is 0 Å². The minimum Gasteiger partial charge on any atom is -0.353 e. The molecule has 84 valence electrons. The fourth-order valence-electron chi connectivity index (χ4n) is 1.99. The number of hydrogen-bond acceptors (Lipinski definition) is 1. The third-order valence-electron chi connectivity index (χ3n) is 2.91. The Morgan fingerprint density at radius 3 is 1.86 bits per heavy atom. The van der Waals surface area contributed by atoms with Gasteiger partial charge >= 0.3 is 0 Å². The third kappa shape index (κ3) is 3.69. The number of amides is 1. The van der Waals surface area contributed by atoms with Crippen LogP contribution in [-0.4, -0.2) is 11.9 Å². The second-order valence-electron chi connectivity index (χ2n) is 5.84. The maximum absolute atomic E-state index is 11.2. The first-order chi connectivity index (χ1) is 6.11. The van der Waals surface area contributed by atoms with Crippen LogP contribution in [0, 0.1) is 10.8 Å². The van der Waals surface area contributed by atoms with Crippen molar-refractivity contribution < 1.29 is 4.79 Å². The van der Waals surface area contributed by atoms with E-state index in [-0.39, 0.29) is 22.8 Å². The van der Waals surface area contributed by atoms with Crippen molar-refractivity contribution in [3.63, 3.8) is 0 Å². The van der Waals surface area contributed by atoms with Crippen LogP contribution in [0.2, 0.25) is 0 Å². The Kier molecular flexibility index (Phi) is 4.16. The standard InChI is InChI=1S/C12H25NO/c1-8-12(6,7)10(11(3,4)5)13-9(2)14/h10H,8H2,1-7H3,(H,13,14). The monoisotopic (exact) mass is 199 g/mol. The molecule has 0 bridgehead atoms. The number of hydrogen-bond donors (Lipinski definition) is 1. The summed E-state index contributed by atoms with van der Waals surface area (Å²) >= 11 is 0. The molecule has 0 heterocycles. The van der Waals surface area contributed by atoms with E-state index in [4.69, 9.17) is 0 Å². The van der Waals surface area contributed by atoms with E-state index < -0.39 is 0 Å². The van der Waals surface area contributed by atoms with E-state index in [0.717, 1.165) is 6.42 Å². The predicted octanol–water partition coefficient (Wildman–Crippen LogP) is 2.97. The molecule has 0 radical (unpaired) electrons. The fraction of sp³-hybridized carbons (Fsp3) is 0.917. The summed E-state index contributed by atoms with van der Waals surface area (Å²) in [4.78, 5) is 11.2. The quantitative estimate of drug-likeness (QED) is 0.744. The van der Waals surface area contributed by atoms with Crippen molar-refractivity contribution in [1.29, 1.82) is 0 Å². The van der Waals surface area contributed by atoms with Crippen molar-refractivity contribution >= 4 is 5.91 Å². The smallest absolute Gasteiger partial charge is 0.217 e. The van der Waals surface area contributed by atoms with Gasteiger partial charge in [0.15, 0.2) is 0 Å². The summed E-state index contributed by atoms with van der Waals surface area (Å²) in [6.07, 6.45) is 1.06. The number of nitrogens with one attached hydrogen (secondary N) is 1. The molecule has 0 rings (SSSR count). The van der Waals surface area contributed by atoms with E-state index in [1.807, 2.05) is 0 Å². The molecule has 0 aromatic heterocycles. The van der Waals surface area contributed by atoms with Gasteiger partial charge in [0.05, 0.1) is 0 Å². The lowest BCUT2D eigenvalue weighted by Gasteiger charge is -2.42. The van der Waals surface area contributed by atoms with Gasteiger partial charge in [-0.05, 0) is 17.3 Å². The molecule has 0 saturated carbocycles. The van der Waals surface area contributed by atoms with Crippen LogP contribution in [0.25, 0.3) is 0 Å². The van der Waals surface area contributed by atoms with Crippen molar-refractivity contribution in [2.24, 2.45) is 10.8 Å². The molecule has 1 atom stereocenters. The molecule has 1 amide bonds. The van der Waals surface area contributed by atoms with Gasteiger partial charge in [0, 0.05) is 13.0 Å². The molecule has 1 N–H and O–H groups in total. The van der Waals surface area contributed by atoms with Crippen LogP contribution in [0.5, 0.6) is 0 Å². The summed E-state index contributed by atoms with van der Waals surface area (Å²) in [5, 5.41) is 3.07. The van der Waals surface area contributed by atoms with Gasteiger partial charge in [-0.15, -0.1) is 0 Å². The van der Waals surface area contributed by atoms with Gasteiger partial charge in [-0.3, -0.25) is 4.79 Å². The zero-order valence-corrected chi connectivity index (χ0v) is 10.7. The van der Waals surface area contributed by atoms with Crippen molar-refractivity contribution in [1.82, 2.24) is 5.32 Å². The van der Waals surface area contributed by atoms with Gasteiger partial charge in [-0.1, -0.05) is 41.5 Å². The molecular weight excluding hydrogens is 174 g/mol. The maximum Gasteiger partial charge on any atom is 0.217 e. The number of carbonyl (C=O) groups excluding carboxylic acids is 1.